The summed E-state index contributed by atoms with van der Waals surface area (Å²) in [6.45, 7) is -1.00. The van der Waals surface area contributed by atoms with Crippen molar-refractivity contribution in [2.24, 2.45) is 0 Å². The minimum atomic E-state index is -4.24. The van der Waals surface area contributed by atoms with Crippen molar-refractivity contribution in [3.05, 3.63) is 47.8 Å². The summed E-state index contributed by atoms with van der Waals surface area (Å²) in [7, 11) is 0. The lowest BCUT2D eigenvalue weighted by Gasteiger charge is -2.10. The Balaban J connectivity index is 2.21. The lowest BCUT2D eigenvalue weighted by Crippen LogP contribution is -2.28. The molecule has 5 heteroatoms. The van der Waals surface area contributed by atoms with Crippen molar-refractivity contribution in [3.8, 4) is 0 Å². The number of halogens is 4. The summed E-state index contributed by atoms with van der Waals surface area (Å²) in [6.07, 6.45) is -4.24. The van der Waals surface area contributed by atoms with Crippen molar-refractivity contribution >= 4 is 10.8 Å². The number of benzene rings is 2. The Kier molecular flexibility index (Phi) is 3.52. The molecule has 0 aliphatic heterocycles. The summed E-state index contributed by atoms with van der Waals surface area (Å²) >= 11 is 0. The molecular formula is C13H11F4N. The molecule has 96 valence electrons. The van der Waals surface area contributed by atoms with Crippen molar-refractivity contribution in [2.75, 3.05) is 6.54 Å². The molecule has 0 saturated heterocycles. The summed E-state index contributed by atoms with van der Waals surface area (Å²) in [6, 6.07) is 9.50. The van der Waals surface area contributed by atoms with Crippen LogP contribution in [0.15, 0.2) is 36.4 Å². The van der Waals surface area contributed by atoms with Gasteiger partial charge in [-0.25, -0.2) is 4.39 Å². The predicted molar refractivity (Wildman–Crippen MR) is 61.7 cm³/mol. The molecule has 1 N–H and O–H groups in total. The van der Waals surface area contributed by atoms with Gasteiger partial charge in [0.2, 0.25) is 0 Å². The molecule has 0 bridgehead atoms. The topological polar surface area (TPSA) is 12.0 Å². The third-order valence-corrected chi connectivity index (χ3v) is 2.60. The van der Waals surface area contributed by atoms with Crippen LogP contribution >= 0.6 is 0 Å². The SMILES string of the molecule is Fc1ccc(CNCC(F)(F)F)c2ccccc12. The van der Waals surface area contributed by atoms with Crippen LogP contribution < -0.4 is 5.32 Å². The molecule has 0 atom stereocenters. The molecule has 0 radical (unpaired) electrons. The van der Waals surface area contributed by atoms with Gasteiger partial charge in [0.25, 0.3) is 0 Å². The van der Waals surface area contributed by atoms with Gasteiger partial charge in [-0.3, -0.25) is 0 Å². The standard InChI is InChI=1S/C13H11F4N/c14-12-6-5-9(7-18-8-13(15,16)17)10-3-1-2-4-11(10)12/h1-6,18H,7-8H2. The minimum Gasteiger partial charge on any atom is -0.305 e. The van der Waals surface area contributed by atoms with Gasteiger partial charge in [-0.1, -0.05) is 30.3 Å². The van der Waals surface area contributed by atoms with E-state index in [0.29, 0.717) is 16.3 Å². The predicted octanol–water partition coefficient (Wildman–Crippen LogP) is 3.63. The number of rotatable bonds is 3. The average molecular weight is 257 g/mol. The molecule has 2 rings (SSSR count). The zero-order valence-electron chi connectivity index (χ0n) is 9.39. The maximum absolute atomic E-state index is 13.5. The number of hydrogen-bond acceptors (Lipinski definition) is 1. The fraction of sp³-hybridized carbons (Fsp3) is 0.231. The Bertz CT molecular complexity index is 548. The Morgan fingerprint density at radius 3 is 2.28 bits per heavy atom. The van der Waals surface area contributed by atoms with E-state index in [0.717, 1.165) is 0 Å². The molecule has 0 aliphatic carbocycles. The number of nitrogens with one attached hydrogen (secondary N) is 1. The molecule has 2 aromatic carbocycles. The van der Waals surface area contributed by atoms with Gasteiger partial charge in [0.05, 0.1) is 6.54 Å². The van der Waals surface area contributed by atoms with Gasteiger partial charge in [0.15, 0.2) is 0 Å². The van der Waals surface area contributed by atoms with Gasteiger partial charge in [-0.05, 0) is 17.0 Å². The quantitative estimate of drug-likeness (QED) is 0.828. The molecule has 0 aliphatic rings. The van der Waals surface area contributed by atoms with Crippen LogP contribution in [0.25, 0.3) is 10.8 Å². The first-order valence-electron chi connectivity index (χ1n) is 5.41. The molecule has 2 aromatic rings. The van der Waals surface area contributed by atoms with Gasteiger partial charge < -0.3 is 5.32 Å². The summed E-state index contributed by atoms with van der Waals surface area (Å²) in [4.78, 5) is 0. The molecule has 0 unspecified atom stereocenters. The van der Waals surface area contributed by atoms with E-state index in [1.807, 2.05) is 0 Å². The summed E-state index contributed by atoms with van der Waals surface area (Å²) in [5, 5.41) is 3.36. The molecule has 0 saturated carbocycles. The van der Waals surface area contributed by atoms with E-state index in [4.69, 9.17) is 0 Å². The van der Waals surface area contributed by atoms with Crippen LogP contribution in [0.5, 0.6) is 0 Å². The van der Waals surface area contributed by atoms with Gasteiger partial charge in [-0.15, -0.1) is 0 Å². The van der Waals surface area contributed by atoms with Crippen molar-refractivity contribution in [3.63, 3.8) is 0 Å². The van der Waals surface area contributed by atoms with Gasteiger partial charge in [-0.2, -0.15) is 13.2 Å². The Morgan fingerprint density at radius 2 is 1.61 bits per heavy atom. The van der Waals surface area contributed by atoms with E-state index in [9.17, 15) is 17.6 Å². The van der Waals surface area contributed by atoms with Crippen LogP contribution in [0.4, 0.5) is 17.6 Å². The second-order valence-corrected chi connectivity index (χ2v) is 3.97. The number of hydrogen-bond donors (Lipinski definition) is 1. The molecule has 0 fully saturated rings. The molecular weight excluding hydrogens is 246 g/mol. The van der Waals surface area contributed by atoms with Gasteiger partial charge >= 0.3 is 6.18 Å². The van der Waals surface area contributed by atoms with Crippen LogP contribution in [0.2, 0.25) is 0 Å². The molecule has 0 amide bonds. The first-order valence-corrected chi connectivity index (χ1v) is 5.41. The van der Waals surface area contributed by atoms with Crippen LogP contribution in [-0.2, 0) is 6.54 Å². The Morgan fingerprint density at radius 1 is 0.944 bits per heavy atom. The molecule has 0 aromatic heterocycles. The summed E-state index contributed by atoms with van der Waals surface area (Å²) < 4.78 is 49.5. The minimum absolute atomic E-state index is 0.0559. The van der Waals surface area contributed by atoms with E-state index in [1.165, 1.54) is 12.1 Å². The lowest BCUT2D eigenvalue weighted by molar-refractivity contribution is -0.125. The Labute approximate surface area is 101 Å². The lowest BCUT2D eigenvalue weighted by atomic mass is 10.0. The average Bonchev–Trinajstić information content (AvgIpc) is 2.31. The van der Waals surface area contributed by atoms with Crippen molar-refractivity contribution in [1.29, 1.82) is 0 Å². The van der Waals surface area contributed by atoms with Crippen LogP contribution in [-0.4, -0.2) is 12.7 Å². The van der Waals surface area contributed by atoms with E-state index in [-0.39, 0.29) is 12.4 Å². The van der Waals surface area contributed by atoms with Gasteiger partial charge in [0.1, 0.15) is 5.82 Å². The van der Waals surface area contributed by atoms with Crippen molar-refractivity contribution in [1.82, 2.24) is 5.32 Å². The van der Waals surface area contributed by atoms with Crippen LogP contribution in [0.1, 0.15) is 5.56 Å². The van der Waals surface area contributed by atoms with Gasteiger partial charge in [0, 0.05) is 11.9 Å². The smallest absolute Gasteiger partial charge is 0.305 e. The van der Waals surface area contributed by atoms with Crippen molar-refractivity contribution < 1.29 is 17.6 Å². The largest absolute Gasteiger partial charge is 0.401 e. The monoisotopic (exact) mass is 257 g/mol. The van der Waals surface area contributed by atoms with E-state index >= 15 is 0 Å². The first-order chi connectivity index (χ1) is 8.47. The summed E-state index contributed by atoms with van der Waals surface area (Å²) in [5.41, 5.74) is 0.649. The molecule has 0 heterocycles. The highest BCUT2D eigenvalue weighted by atomic mass is 19.4. The first kappa shape index (κ1) is 12.8. The van der Waals surface area contributed by atoms with Crippen LogP contribution in [0.3, 0.4) is 0 Å². The highest BCUT2D eigenvalue weighted by molar-refractivity contribution is 5.86. The molecule has 18 heavy (non-hydrogen) atoms. The normalized spacial score (nSPS) is 12.0. The fourth-order valence-corrected chi connectivity index (χ4v) is 1.82. The molecule has 0 spiro atoms. The van der Waals surface area contributed by atoms with Crippen LogP contribution in [0, 0.1) is 5.82 Å². The maximum Gasteiger partial charge on any atom is 0.401 e. The highest BCUT2D eigenvalue weighted by Gasteiger charge is 2.26. The Hall–Kier alpha value is -1.62. The van der Waals surface area contributed by atoms with E-state index in [1.54, 1.807) is 24.3 Å². The highest BCUT2D eigenvalue weighted by Crippen LogP contribution is 2.22. The third-order valence-electron chi connectivity index (χ3n) is 2.60. The summed E-state index contributed by atoms with van der Waals surface area (Å²) in [5.74, 6) is -0.370. The zero-order chi connectivity index (χ0) is 13.2. The second-order valence-electron chi connectivity index (χ2n) is 3.97. The van der Waals surface area contributed by atoms with E-state index in [2.05, 4.69) is 5.32 Å². The van der Waals surface area contributed by atoms with E-state index < -0.39 is 12.7 Å². The third kappa shape index (κ3) is 2.98. The fourth-order valence-electron chi connectivity index (χ4n) is 1.82. The number of fused-ring (bicyclic) bond motifs is 1. The number of alkyl halides is 3. The second kappa shape index (κ2) is 4.94. The molecule has 1 nitrogen and oxygen atoms in total. The maximum atomic E-state index is 13.5. The zero-order valence-corrected chi connectivity index (χ0v) is 9.39. The van der Waals surface area contributed by atoms with Crippen molar-refractivity contribution in [2.45, 2.75) is 12.7 Å².